The summed E-state index contributed by atoms with van der Waals surface area (Å²) in [6.45, 7) is 2.69. The predicted octanol–water partition coefficient (Wildman–Crippen LogP) is 1.28. The Morgan fingerprint density at radius 1 is 1.24 bits per heavy atom. The Hall–Kier alpha value is -1.79. The van der Waals surface area contributed by atoms with E-state index in [9.17, 15) is 9.90 Å². The van der Waals surface area contributed by atoms with Crippen LogP contribution in [0.25, 0.3) is 0 Å². The smallest absolute Gasteiger partial charge is 0.315 e. The van der Waals surface area contributed by atoms with Crippen molar-refractivity contribution >= 4 is 6.03 Å². The van der Waals surface area contributed by atoms with Crippen LogP contribution >= 0.6 is 0 Å². The molecule has 0 aliphatic carbocycles. The molecular weight excluding hydrogens is 272 g/mol. The lowest BCUT2D eigenvalue weighted by Crippen LogP contribution is -2.45. The highest BCUT2D eigenvalue weighted by Crippen LogP contribution is 2.11. The van der Waals surface area contributed by atoms with E-state index in [4.69, 9.17) is 9.47 Å². The van der Waals surface area contributed by atoms with Gasteiger partial charge in [-0.1, -0.05) is 12.1 Å². The molecule has 1 aromatic carbocycles. The second-order valence-electron chi connectivity index (χ2n) is 5.12. The van der Waals surface area contributed by atoms with Crippen LogP contribution < -0.4 is 15.4 Å². The number of nitrogens with one attached hydrogen (secondary N) is 2. The van der Waals surface area contributed by atoms with Crippen molar-refractivity contribution < 1.29 is 19.4 Å². The van der Waals surface area contributed by atoms with Crippen LogP contribution in [0.15, 0.2) is 24.3 Å². The number of ether oxygens (including phenoxy) is 2. The quantitative estimate of drug-likeness (QED) is 0.675. The van der Waals surface area contributed by atoms with Gasteiger partial charge in [-0.2, -0.15) is 0 Å². The number of methoxy groups -OCH3 is 2. The van der Waals surface area contributed by atoms with E-state index in [0.29, 0.717) is 19.6 Å². The number of benzene rings is 1. The predicted molar refractivity (Wildman–Crippen MR) is 80.3 cm³/mol. The second-order valence-corrected chi connectivity index (χ2v) is 5.12. The third kappa shape index (κ3) is 6.97. The molecule has 6 nitrogen and oxygen atoms in total. The van der Waals surface area contributed by atoms with Crippen LogP contribution in [-0.2, 0) is 11.3 Å². The molecule has 0 heterocycles. The molecule has 0 bridgehead atoms. The van der Waals surface area contributed by atoms with E-state index in [2.05, 4.69) is 10.6 Å². The van der Waals surface area contributed by atoms with Crippen LogP contribution in [0, 0.1) is 0 Å². The first kappa shape index (κ1) is 17.3. The minimum Gasteiger partial charge on any atom is -0.497 e. The van der Waals surface area contributed by atoms with Gasteiger partial charge in [-0.25, -0.2) is 4.79 Å². The summed E-state index contributed by atoms with van der Waals surface area (Å²) in [5, 5.41) is 15.4. The van der Waals surface area contributed by atoms with Crippen LogP contribution in [0.3, 0.4) is 0 Å². The average Bonchev–Trinajstić information content (AvgIpc) is 2.49. The average molecular weight is 296 g/mol. The summed E-state index contributed by atoms with van der Waals surface area (Å²) in [4.78, 5) is 11.7. The van der Waals surface area contributed by atoms with Crippen LogP contribution in [-0.4, -0.2) is 44.1 Å². The number of aliphatic hydroxyl groups is 1. The van der Waals surface area contributed by atoms with Crippen molar-refractivity contribution in [3.05, 3.63) is 29.8 Å². The first-order chi connectivity index (χ1) is 9.96. The van der Waals surface area contributed by atoms with Crippen molar-refractivity contribution in [2.45, 2.75) is 25.5 Å². The first-order valence-electron chi connectivity index (χ1n) is 6.83. The van der Waals surface area contributed by atoms with Gasteiger partial charge in [-0.05, 0) is 24.6 Å². The number of rotatable bonds is 8. The van der Waals surface area contributed by atoms with Gasteiger partial charge in [0.05, 0.1) is 12.7 Å². The summed E-state index contributed by atoms with van der Waals surface area (Å²) in [6.07, 6.45) is 0.461. The summed E-state index contributed by atoms with van der Waals surface area (Å²) in [6, 6.07) is 7.12. The molecule has 1 unspecified atom stereocenters. The minimum absolute atomic E-state index is 0.171. The van der Waals surface area contributed by atoms with E-state index in [0.717, 1.165) is 11.3 Å². The zero-order valence-corrected chi connectivity index (χ0v) is 12.8. The largest absolute Gasteiger partial charge is 0.497 e. The van der Waals surface area contributed by atoms with Gasteiger partial charge in [0, 0.05) is 33.2 Å². The Labute approximate surface area is 125 Å². The van der Waals surface area contributed by atoms with Crippen molar-refractivity contribution in [1.29, 1.82) is 0 Å². The zero-order valence-electron chi connectivity index (χ0n) is 12.8. The molecule has 0 aromatic heterocycles. The zero-order chi connectivity index (χ0) is 15.7. The summed E-state index contributed by atoms with van der Waals surface area (Å²) < 4.78 is 9.98. The van der Waals surface area contributed by atoms with Gasteiger partial charge in [0.2, 0.25) is 0 Å². The SMILES string of the molecule is COCCC(C)(O)CNC(=O)NCc1ccc(OC)cc1. The third-order valence-electron chi connectivity index (χ3n) is 3.09. The van der Waals surface area contributed by atoms with E-state index in [-0.39, 0.29) is 12.6 Å². The number of amides is 2. The van der Waals surface area contributed by atoms with E-state index in [1.807, 2.05) is 24.3 Å². The molecule has 1 aromatic rings. The number of carbonyl (C=O) groups excluding carboxylic acids is 1. The van der Waals surface area contributed by atoms with Crippen molar-refractivity contribution in [3.63, 3.8) is 0 Å². The standard InChI is InChI=1S/C15H24N2O4/c1-15(19,8-9-20-2)11-17-14(18)16-10-12-4-6-13(21-3)7-5-12/h4-7,19H,8-11H2,1-3H3,(H2,16,17,18). The molecule has 0 saturated carbocycles. The molecule has 118 valence electrons. The highest BCUT2D eigenvalue weighted by molar-refractivity contribution is 5.73. The Kier molecular flexibility index (Phi) is 6.98. The van der Waals surface area contributed by atoms with Gasteiger partial charge in [0.25, 0.3) is 0 Å². The van der Waals surface area contributed by atoms with Crippen molar-refractivity contribution in [2.24, 2.45) is 0 Å². The van der Waals surface area contributed by atoms with Crippen LogP contribution in [0.2, 0.25) is 0 Å². The molecule has 1 atom stereocenters. The molecule has 0 saturated heterocycles. The summed E-state index contributed by atoms with van der Waals surface area (Å²) in [5.74, 6) is 0.775. The highest BCUT2D eigenvalue weighted by Gasteiger charge is 2.20. The fourth-order valence-electron chi connectivity index (χ4n) is 1.67. The molecule has 0 aliphatic rings. The fourth-order valence-corrected chi connectivity index (χ4v) is 1.67. The lowest BCUT2D eigenvalue weighted by molar-refractivity contribution is 0.0269. The Morgan fingerprint density at radius 3 is 2.48 bits per heavy atom. The lowest BCUT2D eigenvalue weighted by Gasteiger charge is -2.23. The monoisotopic (exact) mass is 296 g/mol. The number of hydrogen-bond donors (Lipinski definition) is 3. The maximum atomic E-state index is 11.7. The molecule has 1 rings (SSSR count). The van der Waals surface area contributed by atoms with E-state index < -0.39 is 5.60 Å². The molecule has 6 heteroatoms. The third-order valence-corrected chi connectivity index (χ3v) is 3.09. The lowest BCUT2D eigenvalue weighted by atomic mass is 10.0. The summed E-state index contributed by atoms with van der Waals surface area (Å²) in [5.41, 5.74) is -0.00918. The Bertz CT molecular complexity index is 432. The van der Waals surface area contributed by atoms with Gasteiger partial charge in [0.15, 0.2) is 0 Å². The second kappa shape index (κ2) is 8.49. The van der Waals surface area contributed by atoms with E-state index in [1.54, 1.807) is 21.1 Å². The fraction of sp³-hybridized carbons (Fsp3) is 0.533. The van der Waals surface area contributed by atoms with Crippen LogP contribution in [0.1, 0.15) is 18.9 Å². The molecule has 0 fully saturated rings. The maximum absolute atomic E-state index is 11.7. The maximum Gasteiger partial charge on any atom is 0.315 e. The molecule has 2 amide bonds. The minimum atomic E-state index is -0.979. The van der Waals surface area contributed by atoms with Crippen LogP contribution in [0.5, 0.6) is 5.75 Å². The van der Waals surface area contributed by atoms with Gasteiger partial charge < -0.3 is 25.2 Å². The Morgan fingerprint density at radius 2 is 1.90 bits per heavy atom. The topological polar surface area (TPSA) is 79.8 Å². The number of hydrogen-bond acceptors (Lipinski definition) is 4. The summed E-state index contributed by atoms with van der Waals surface area (Å²) in [7, 11) is 3.18. The molecule has 0 aliphatic heterocycles. The van der Waals surface area contributed by atoms with Crippen molar-refractivity contribution in [1.82, 2.24) is 10.6 Å². The van der Waals surface area contributed by atoms with Crippen LogP contribution in [0.4, 0.5) is 4.79 Å². The van der Waals surface area contributed by atoms with E-state index in [1.165, 1.54) is 0 Å². The molecule has 0 radical (unpaired) electrons. The van der Waals surface area contributed by atoms with Gasteiger partial charge in [-0.15, -0.1) is 0 Å². The van der Waals surface area contributed by atoms with Gasteiger partial charge in [0.1, 0.15) is 5.75 Å². The number of urea groups is 1. The van der Waals surface area contributed by atoms with E-state index >= 15 is 0 Å². The molecule has 21 heavy (non-hydrogen) atoms. The Balaban J connectivity index is 2.30. The van der Waals surface area contributed by atoms with Gasteiger partial charge >= 0.3 is 6.03 Å². The highest BCUT2D eigenvalue weighted by atomic mass is 16.5. The van der Waals surface area contributed by atoms with Crippen molar-refractivity contribution in [3.8, 4) is 5.75 Å². The van der Waals surface area contributed by atoms with Crippen molar-refractivity contribution in [2.75, 3.05) is 27.4 Å². The molecule has 3 N–H and O–H groups in total. The van der Waals surface area contributed by atoms with Gasteiger partial charge in [-0.3, -0.25) is 0 Å². The first-order valence-corrected chi connectivity index (χ1v) is 6.83. The summed E-state index contributed by atoms with van der Waals surface area (Å²) >= 11 is 0. The molecule has 0 spiro atoms. The number of carbonyl (C=O) groups is 1. The normalized spacial score (nSPS) is 13.3. The molecular formula is C15H24N2O4.